The van der Waals surface area contributed by atoms with Crippen LogP contribution in [-0.4, -0.2) is 20.4 Å². The van der Waals surface area contributed by atoms with Gasteiger partial charge in [0.1, 0.15) is 22.6 Å². The predicted molar refractivity (Wildman–Crippen MR) is 110 cm³/mol. The van der Waals surface area contributed by atoms with Crippen LogP contribution in [0, 0.1) is 13.8 Å². The summed E-state index contributed by atoms with van der Waals surface area (Å²) in [6, 6.07) is 11.3. The smallest absolute Gasteiger partial charge is 0.325 e. The molecule has 0 radical (unpaired) electrons. The number of carbonyl (C=O) groups is 1. The van der Waals surface area contributed by atoms with Crippen molar-refractivity contribution in [1.29, 1.82) is 0 Å². The van der Waals surface area contributed by atoms with Crippen molar-refractivity contribution in [2.45, 2.75) is 20.4 Å². The van der Waals surface area contributed by atoms with Crippen molar-refractivity contribution in [3.8, 4) is 10.6 Å². The summed E-state index contributed by atoms with van der Waals surface area (Å²) in [5, 5.41) is 5.59. The minimum Gasteiger partial charge on any atom is -0.325 e. The summed E-state index contributed by atoms with van der Waals surface area (Å²) in [4.78, 5) is 35.5. The lowest BCUT2D eigenvalue weighted by Crippen LogP contribution is -2.29. The Hall–Kier alpha value is -2.84. The Morgan fingerprint density at radius 3 is 2.78 bits per heavy atom. The van der Waals surface area contributed by atoms with Gasteiger partial charge in [-0.25, -0.2) is 9.78 Å². The van der Waals surface area contributed by atoms with Crippen molar-refractivity contribution >= 4 is 44.6 Å². The maximum atomic E-state index is 12.7. The summed E-state index contributed by atoms with van der Waals surface area (Å²) in [6.07, 6.45) is 0. The lowest BCUT2D eigenvalue weighted by Gasteiger charge is -2.09. The molecule has 0 aliphatic carbocycles. The number of thiazole rings is 1. The summed E-state index contributed by atoms with van der Waals surface area (Å²) in [7, 11) is 0. The number of hydrogen-bond donors (Lipinski definition) is 1. The van der Waals surface area contributed by atoms with Crippen LogP contribution in [0.5, 0.6) is 0 Å². The molecule has 136 valence electrons. The second kappa shape index (κ2) is 7.05. The zero-order valence-electron chi connectivity index (χ0n) is 14.7. The number of aromatic nitrogens is 3. The zero-order valence-corrected chi connectivity index (χ0v) is 16.4. The van der Waals surface area contributed by atoms with E-state index in [9.17, 15) is 9.59 Å². The van der Waals surface area contributed by atoms with Crippen LogP contribution >= 0.6 is 22.7 Å². The predicted octanol–water partition coefficient (Wildman–Crippen LogP) is 3.84. The van der Waals surface area contributed by atoms with E-state index >= 15 is 0 Å². The number of nitrogens with zero attached hydrogens (tertiary/aromatic N) is 3. The Morgan fingerprint density at radius 1 is 1.19 bits per heavy atom. The monoisotopic (exact) mass is 396 g/mol. The second-order valence-corrected chi connectivity index (χ2v) is 8.24. The minimum absolute atomic E-state index is 0.109. The number of aryl methyl sites for hydroxylation is 2. The largest absolute Gasteiger partial charge is 0.349 e. The Labute approximate surface area is 163 Å². The van der Waals surface area contributed by atoms with E-state index in [-0.39, 0.29) is 12.5 Å². The molecule has 1 aromatic carbocycles. The summed E-state index contributed by atoms with van der Waals surface area (Å²) < 4.78 is 1.39. The molecule has 0 aliphatic heterocycles. The fourth-order valence-corrected chi connectivity index (χ4v) is 4.46. The number of carbonyl (C=O) groups excluding carboxylic acids is 1. The van der Waals surface area contributed by atoms with Crippen molar-refractivity contribution in [2.75, 3.05) is 5.32 Å². The van der Waals surface area contributed by atoms with Gasteiger partial charge in [-0.15, -0.1) is 22.7 Å². The molecule has 3 heterocycles. The third kappa shape index (κ3) is 3.54. The van der Waals surface area contributed by atoms with Gasteiger partial charge in [-0.1, -0.05) is 18.2 Å². The van der Waals surface area contributed by atoms with Crippen LogP contribution in [0.3, 0.4) is 0 Å². The first kappa shape index (κ1) is 17.6. The molecule has 1 N–H and O–H groups in total. The normalized spacial score (nSPS) is 11.0. The van der Waals surface area contributed by atoms with Crippen LogP contribution in [0.2, 0.25) is 0 Å². The summed E-state index contributed by atoms with van der Waals surface area (Å²) in [5.41, 5.74) is 2.53. The topological polar surface area (TPSA) is 76.9 Å². The van der Waals surface area contributed by atoms with E-state index in [2.05, 4.69) is 15.3 Å². The van der Waals surface area contributed by atoms with Crippen LogP contribution in [-0.2, 0) is 11.3 Å². The number of thiophene rings is 1. The zero-order chi connectivity index (χ0) is 19.0. The van der Waals surface area contributed by atoms with Gasteiger partial charge in [0, 0.05) is 5.69 Å². The number of rotatable bonds is 4. The first-order valence-electron chi connectivity index (χ1n) is 8.29. The third-order valence-corrected chi connectivity index (χ3v) is 5.85. The Kier molecular flexibility index (Phi) is 4.59. The van der Waals surface area contributed by atoms with E-state index in [1.807, 2.05) is 55.6 Å². The first-order chi connectivity index (χ1) is 13.0. The van der Waals surface area contributed by atoms with Crippen molar-refractivity contribution in [2.24, 2.45) is 0 Å². The molecule has 4 rings (SSSR count). The maximum Gasteiger partial charge on any atom is 0.349 e. The lowest BCUT2D eigenvalue weighted by atomic mass is 10.2. The molecule has 27 heavy (non-hydrogen) atoms. The fraction of sp³-hybridized carbons (Fsp3) is 0.158. The van der Waals surface area contributed by atoms with E-state index in [0.717, 1.165) is 15.4 Å². The van der Waals surface area contributed by atoms with Crippen LogP contribution < -0.4 is 11.0 Å². The van der Waals surface area contributed by atoms with Gasteiger partial charge < -0.3 is 5.32 Å². The molecule has 4 aromatic rings. The van der Waals surface area contributed by atoms with Gasteiger partial charge in [-0.05, 0) is 43.0 Å². The average Bonchev–Trinajstić information content (AvgIpc) is 3.26. The molecule has 0 spiro atoms. The molecular weight excluding hydrogens is 380 g/mol. The Balaban J connectivity index is 1.72. The van der Waals surface area contributed by atoms with Gasteiger partial charge in [0.15, 0.2) is 0 Å². The molecule has 1 amide bonds. The highest BCUT2D eigenvalue weighted by Gasteiger charge is 2.18. The molecule has 0 unspecified atom stereocenters. The van der Waals surface area contributed by atoms with E-state index < -0.39 is 5.69 Å². The minimum atomic E-state index is -0.450. The van der Waals surface area contributed by atoms with E-state index in [1.165, 1.54) is 27.2 Å². The van der Waals surface area contributed by atoms with Gasteiger partial charge in [-0.2, -0.15) is 4.98 Å². The number of hydrogen-bond acceptors (Lipinski definition) is 6. The molecule has 6 nitrogen and oxygen atoms in total. The number of amides is 1. The van der Waals surface area contributed by atoms with Crippen molar-refractivity contribution in [1.82, 2.24) is 14.5 Å². The van der Waals surface area contributed by atoms with Crippen LogP contribution in [0.15, 0.2) is 46.6 Å². The standard InChI is InChI=1S/C19H16N4O2S2/c1-11-5-3-6-13(9-11)21-15(24)10-23-18-17(20-12(2)27-18)16(22-19(23)25)14-7-4-8-26-14/h3-9H,10H2,1-2H3,(H,21,24). The lowest BCUT2D eigenvalue weighted by molar-refractivity contribution is -0.116. The molecule has 3 aromatic heterocycles. The van der Waals surface area contributed by atoms with E-state index in [0.29, 0.717) is 21.7 Å². The number of benzene rings is 1. The second-order valence-electron chi connectivity index (χ2n) is 6.11. The van der Waals surface area contributed by atoms with Crippen molar-refractivity contribution < 1.29 is 4.79 Å². The molecule has 0 saturated carbocycles. The fourth-order valence-electron chi connectivity index (χ4n) is 2.84. The average molecular weight is 396 g/mol. The molecule has 8 heteroatoms. The highest BCUT2D eigenvalue weighted by atomic mass is 32.1. The van der Waals surface area contributed by atoms with Gasteiger partial charge in [0.05, 0.1) is 9.88 Å². The molecule has 0 saturated heterocycles. The van der Waals surface area contributed by atoms with Crippen molar-refractivity contribution in [3.05, 3.63) is 62.8 Å². The summed E-state index contributed by atoms with van der Waals surface area (Å²) in [5.74, 6) is -0.277. The van der Waals surface area contributed by atoms with Crippen LogP contribution in [0.25, 0.3) is 20.9 Å². The number of nitrogens with one attached hydrogen (secondary N) is 1. The van der Waals surface area contributed by atoms with Crippen molar-refractivity contribution in [3.63, 3.8) is 0 Å². The Bertz CT molecular complexity index is 1190. The van der Waals surface area contributed by atoms with E-state index in [1.54, 1.807) is 0 Å². The SMILES string of the molecule is Cc1cccc(NC(=O)Cn2c(=O)nc(-c3cccs3)c3nc(C)sc32)c1. The highest BCUT2D eigenvalue weighted by molar-refractivity contribution is 7.18. The Morgan fingerprint density at radius 2 is 2.04 bits per heavy atom. The van der Waals surface area contributed by atoms with Crippen LogP contribution in [0.1, 0.15) is 10.6 Å². The molecular formula is C19H16N4O2S2. The van der Waals surface area contributed by atoms with Gasteiger partial charge >= 0.3 is 5.69 Å². The van der Waals surface area contributed by atoms with Gasteiger partial charge in [0.2, 0.25) is 5.91 Å². The van der Waals surface area contributed by atoms with Gasteiger partial charge in [-0.3, -0.25) is 9.36 Å². The van der Waals surface area contributed by atoms with Gasteiger partial charge in [0.25, 0.3) is 0 Å². The maximum absolute atomic E-state index is 12.7. The number of fused-ring (bicyclic) bond motifs is 1. The number of anilines is 1. The molecule has 0 aliphatic rings. The highest BCUT2D eigenvalue weighted by Crippen LogP contribution is 2.31. The first-order valence-corrected chi connectivity index (χ1v) is 9.99. The molecule has 0 fully saturated rings. The molecule has 0 bridgehead atoms. The summed E-state index contributed by atoms with van der Waals surface area (Å²) >= 11 is 2.90. The van der Waals surface area contributed by atoms with E-state index in [4.69, 9.17) is 0 Å². The third-order valence-electron chi connectivity index (χ3n) is 3.98. The molecule has 0 atom stereocenters. The quantitative estimate of drug-likeness (QED) is 0.569. The van der Waals surface area contributed by atoms with Crippen LogP contribution in [0.4, 0.5) is 5.69 Å². The summed E-state index contributed by atoms with van der Waals surface area (Å²) in [6.45, 7) is 3.73.